The molecule has 2 aromatic carbocycles. The van der Waals surface area contributed by atoms with Crippen LogP contribution in [0, 0.1) is 6.92 Å². The summed E-state index contributed by atoms with van der Waals surface area (Å²) in [6, 6.07) is 14.6. The highest BCUT2D eigenvalue weighted by Crippen LogP contribution is 2.28. The lowest BCUT2D eigenvalue weighted by Gasteiger charge is -2.25. The van der Waals surface area contributed by atoms with Gasteiger partial charge in [-0.3, -0.25) is 24.1 Å². The fourth-order valence-corrected chi connectivity index (χ4v) is 4.46. The summed E-state index contributed by atoms with van der Waals surface area (Å²) in [5, 5.41) is 2.95. The number of imide groups is 1. The summed E-state index contributed by atoms with van der Waals surface area (Å²) in [5.41, 5.74) is 1.89. The molecule has 1 atom stereocenters. The van der Waals surface area contributed by atoms with Gasteiger partial charge < -0.3 is 5.32 Å². The van der Waals surface area contributed by atoms with Crippen LogP contribution in [0.3, 0.4) is 0 Å². The van der Waals surface area contributed by atoms with E-state index in [2.05, 4.69) is 10.3 Å². The average molecular weight is 433 g/mol. The predicted molar refractivity (Wildman–Crippen MR) is 116 cm³/mol. The lowest BCUT2D eigenvalue weighted by molar-refractivity contribution is -0.119. The fraction of sp³-hybridized carbons (Fsp3) is 0.174. The third-order valence-corrected chi connectivity index (χ3v) is 6.23. The van der Waals surface area contributed by atoms with Crippen LogP contribution in [0.1, 0.15) is 48.6 Å². The van der Waals surface area contributed by atoms with Gasteiger partial charge in [0.1, 0.15) is 6.04 Å². The highest BCUT2D eigenvalue weighted by Gasteiger charge is 2.42. The quantitative estimate of drug-likeness (QED) is 0.474. The molecule has 0 fully saturated rings. The minimum Gasteiger partial charge on any atom is -0.300 e. The molecule has 1 N–H and O–H groups in total. The summed E-state index contributed by atoms with van der Waals surface area (Å²) in [6.45, 7) is 3.12. The molecule has 0 saturated carbocycles. The maximum atomic E-state index is 13.3. The Labute approximate surface area is 182 Å². The number of aryl methyl sites for hydroxylation is 1. The first-order valence-corrected chi connectivity index (χ1v) is 10.5. The number of hydrogen-bond donors (Lipinski definition) is 1. The highest BCUT2D eigenvalue weighted by molar-refractivity contribution is 7.17. The first kappa shape index (κ1) is 20.6. The van der Waals surface area contributed by atoms with E-state index < -0.39 is 23.8 Å². The highest BCUT2D eigenvalue weighted by atomic mass is 32.1. The number of fused-ring (bicyclic) bond motifs is 1. The van der Waals surface area contributed by atoms with Crippen LogP contribution < -0.4 is 5.32 Å². The second-order valence-corrected chi connectivity index (χ2v) is 8.21. The van der Waals surface area contributed by atoms with Crippen molar-refractivity contribution in [2.24, 2.45) is 0 Å². The second kappa shape index (κ2) is 8.23. The normalized spacial score (nSPS) is 13.8. The number of nitrogens with one attached hydrogen (secondary N) is 1. The summed E-state index contributed by atoms with van der Waals surface area (Å²) < 4.78 is 0. The zero-order valence-corrected chi connectivity index (χ0v) is 17.7. The number of carbonyl (C=O) groups is 4. The van der Waals surface area contributed by atoms with Crippen LogP contribution >= 0.6 is 11.3 Å². The van der Waals surface area contributed by atoms with Gasteiger partial charge in [-0.2, -0.15) is 0 Å². The molecular weight excluding hydrogens is 414 g/mol. The van der Waals surface area contributed by atoms with Crippen LogP contribution in [0.4, 0.5) is 5.13 Å². The summed E-state index contributed by atoms with van der Waals surface area (Å²) >= 11 is 1.07. The van der Waals surface area contributed by atoms with Crippen LogP contribution in [-0.4, -0.2) is 39.4 Å². The zero-order chi connectivity index (χ0) is 22.1. The maximum absolute atomic E-state index is 13.3. The largest absolute Gasteiger partial charge is 0.300 e. The minimum absolute atomic E-state index is 0.142. The number of carbonyl (C=O) groups excluding carboxylic acids is 4. The monoisotopic (exact) mass is 433 g/mol. The molecule has 156 valence electrons. The molecule has 1 aliphatic heterocycles. The maximum Gasteiger partial charge on any atom is 0.262 e. The number of nitrogens with zero attached hydrogens (tertiary/aromatic N) is 2. The van der Waals surface area contributed by atoms with Crippen molar-refractivity contribution in [1.29, 1.82) is 0 Å². The molecule has 2 heterocycles. The van der Waals surface area contributed by atoms with Gasteiger partial charge in [-0.1, -0.05) is 53.8 Å². The molecule has 4 rings (SSSR count). The molecular formula is C23H19N3O4S. The molecule has 0 aliphatic carbocycles. The number of amides is 3. The Morgan fingerprint density at radius 3 is 2.13 bits per heavy atom. The van der Waals surface area contributed by atoms with Crippen molar-refractivity contribution >= 4 is 40.0 Å². The van der Waals surface area contributed by atoms with E-state index in [-0.39, 0.29) is 28.5 Å². The van der Waals surface area contributed by atoms with Crippen molar-refractivity contribution in [2.45, 2.75) is 26.3 Å². The molecule has 8 heteroatoms. The number of thiazole rings is 1. The lowest BCUT2D eigenvalue weighted by Crippen LogP contribution is -2.48. The number of anilines is 1. The van der Waals surface area contributed by atoms with Crippen LogP contribution in [0.25, 0.3) is 0 Å². The summed E-state index contributed by atoms with van der Waals surface area (Å²) in [5.74, 6) is -1.69. The van der Waals surface area contributed by atoms with E-state index in [1.54, 1.807) is 31.2 Å². The Morgan fingerprint density at radius 2 is 1.58 bits per heavy atom. The van der Waals surface area contributed by atoms with Crippen molar-refractivity contribution in [2.75, 3.05) is 5.32 Å². The van der Waals surface area contributed by atoms with E-state index in [9.17, 15) is 19.2 Å². The van der Waals surface area contributed by atoms with E-state index in [4.69, 9.17) is 0 Å². The van der Waals surface area contributed by atoms with Crippen LogP contribution in [-0.2, 0) is 11.2 Å². The van der Waals surface area contributed by atoms with Crippen molar-refractivity contribution in [1.82, 2.24) is 9.88 Å². The summed E-state index contributed by atoms with van der Waals surface area (Å²) in [6.07, 6.45) is 0.155. The molecule has 1 aliphatic rings. The summed E-state index contributed by atoms with van der Waals surface area (Å²) in [4.78, 5) is 56.7. The number of benzene rings is 2. The SMILES string of the molecule is CC(=O)c1sc(NC(=O)[C@@H](Cc2ccccc2)N2C(=O)c3ccccc3C2=O)nc1C. The average Bonchev–Trinajstić information content (AvgIpc) is 3.24. The van der Waals surface area contributed by atoms with E-state index >= 15 is 0 Å². The van der Waals surface area contributed by atoms with Crippen LogP contribution in [0.2, 0.25) is 0 Å². The Hall–Kier alpha value is -3.65. The number of rotatable bonds is 6. The standard InChI is InChI=1S/C23H19N3O4S/c1-13-19(14(2)27)31-23(24-13)25-20(28)18(12-15-8-4-3-5-9-15)26-21(29)16-10-6-7-11-17(16)22(26)30/h3-11,18H,12H2,1-2H3,(H,24,25,28)/t18-/m1/s1. The van der Waals surface area contributed by atoms with Gasteiger partial charge >= 0.3 is 0 Å². The Morgan fingerprint density at radius 1 is 1.00 bits per heavy atom. The molecule has 0 saturated heterocycles. The molecule has 3 amide bonds. The topological polar surface area (TPSA) is 96.4 Å². The lowest BCUT2D eigenvalue weighted by atomic mass is 10.0. The molecule has 1 aromatic heterocycles. The predicted octanol–water partition coefficient (Wildman–Crippen LogP) is 3.50. The first-order chi connectivity index (χ1) is 14.9. The number of Topliss-reactive ketones (excluding diaryl/α,β-unsaturated/α-hetero) is 1. The molecule has 7 nitrogen and oxygen atoms in total. The number of hydrogen-bond acceptors (Lipinski definition) is 6. The van der Waals surface area contributed by atoms with Gasteiger partial charge in [0, 0.05) is 13.3 Å². The van der Waals surface area contributed by atoms with E-state index in [0.29, 0.717) is 10.6 Å². The molecule has 3 aromatic rings. The van der Waals surface area contributed by atoms with Crippen LogP contribution in [0.5, 0.6) is 0 Å². The molecule has 31 heavy (non-hydrogen) atoms. The zero-order valence-electron chi connectivity index (χ0n) is 16.9. The van der Waals surface area contributed by atoms with Crippen molar-refractivity contribution in [3.63, 3.8) is 0 Å². The van der Waals surface area contributed by atoms with Gasteiger partial charge in [0.25, 0.3) is 11.8 Å². The van der Waals surface area contributed by atoms with Crippen LogP contribution in [0.15, 0.2) is 54.6 Å². The van der Waals surface area contributed by atoms with E-state index in [0.717, 1.165) is 21.8 Å². The van der Waals surface area contributed by atoms with Crippen molar-refractivity contribution < 1.29 is 19.2 Å². The van der Waals surface area contributed by atoms with Gasteiger partial charge in [0.2, 0.25) is 5.91 Å². The first-order valence-electron chi connectivity index (χ1n) is 9.67. The van der Waals surface area contributed by atoms with E-state index in [1.807, 2.05) is 30.3 Å². The molecule has 0 unspecified atom stereocenters. The van der Waals surface area contributed by atoms with Gasteiger partial charge in [-0.25, -0.2) is 4.98 Å². The summed E-state index contributed by atoms with van der Waals surface area (Å²) in [7, 11) is 0. The van der Waals surface area contributed by atoms with Gasteiger partial charge in [0.15, 0.2) is 10.9 Å². The molecule has 0 radical (unpaired) electrons. The van der Waals surface area contributed by atoms with Gasteiger partial charge in [-0.15, -0.1) is 0 Å². The van der Waals surface area contributed by atoms with Gasteiger partial charge in [0.05, 0.1) is 21.7 Å². The molecule has 0 bridgehead atoms. The van der Waals surface area contributed by atoms with Crippen molar-refractivity contribution in [3.8, 4) is 0 Å². The fourth-order valence-electron chi connectivity index (χ4n) is 3.59. The molecule has 0 spiro atoms. The van der Waals surface area contributed by atoms with E-state index in [1.165, 1.54) is 6.92 Å². The third kappa shape index (κ3) is 3.89. The Kier molecular flexibility index (Phi) is 5.48. The number of aromatic nitrogens is 1. The Bertz CT molecular complexity index is 1170. The second-order valence-electron chi connectivity index (χ2n) is 7.21. The van der Waals surface area contributed by atoms with Gasteiger partial charge in [-0.05, 0) is 24.6 Å². The Balaban J connectivity index is 1.67. The minimum atomic E-state index is -1.07. The number of ketones is 1. The van der Waals surface area contributed by atoms with Crippen molar-refractivity contribution in [3.05, 3.63) is 81.9 Å². The smallest absolute Gasteiger partial charge is 0.262 e. The third-order valence-electron chi connectivity index (χ3n) is 5.06.